The van der Waals surface area contributed by atoms with Gasteiger partial charge in [-0.1, -0.05) is 11.6 Å². The van der Waals surface area contributed by atoms with Gasteiger partial charge in [0.1, 0.15) is 29.4 Å². The third-order valence-electron chi connectivity index (χ3n) is 5.61. The van der Waals surface area contributed by atoms with Crippen LogP contribution in [0.25, 0.3) is 11.0 Å². The zero-order valence-corrected chi connectivity index (χ0v) is 19.5. The number of amides is 1. The van der Waals surface area contributed by atoms with Gasteiger partial charge in [-0.05, 0) is 18.2 Å². The van der Waals surface area contributed by atoms with Gasteiger partial charge in [0.05, 0.1) is 38.0 Å². The molecule has 2 heterocycles. The van der Waals surface area contributed by atoms with E-state index in [0.717, 1.165) is 0 Å². The number of esters is 1. The molecule has 0 N–H and O–H groups in total. The Balaban J connectivity index is 1.50. The van der Waals surface area contributed by atoms with Gasteiger partial charge in [0.2, 0.25) is 5.91 Å². The van der Waals surface area contributed by atoms with Crippen LogP contribution in [0.15, 0.2) is 45.6 Å². The Morgan fingerprint density at radius 1 is 1.06 bits per heavy atom. The average Bonchev–Trinajstić information content (AvgIpc) is 3.22. The summed E-state index contributed by atoms with van der Waals surface area (Å²) >= 11 is 6.23. The summed E-state index contributed by atoms with van der Waals surface area (Å²) in [5.41, 5.74) is 0.683. The smallest absolute Gasteiger partial charge is 0.336 e. The Bertz CT molecular complexity index is 1320. The minimum atomic E-state index is -0.690. The van der Waals surface area contributed by atoms with E-state index in [1.165, 1.54) is 32.3 Å². The molecule has 1 saturated heterocycles. The lowest BCUT2D eigenvalue weighted by Gasteiger charge is -2.20. The van der Waals surface area contributed by atoms with Gasteiger partial charge >= 0.3 is 11.6 Å². The lowest BCUT2D eigenvalue weighted by molar-refractivity contribution is -0.149. The van der Waals surface area contributed by atoms with Gasteiger partial charge in [-0.2, -0.15) is 0 Å². The molecule has 1 aromatic heterocycles. The molecule has 1 aliphatic heterocycles. The van der Waals surface area contributed by atoms with Crippen molar-refractivity contribution in [2.75, 3.05) is 32.8 Å². The van der Waals surface area contributed by atoms with Gasteiger partial charge in [-0.25, -0.2) is 4.79 Å². The van der Waals surface area contributed by atoms with Crippen molar-refractivity contribution in [1.29, 1.82) is 0 Å². The Hall–Kier alpha value is -3.72. The first kappa shape index (κ1) is 23.4. The first-order chi connectivity index (χ1) is 16.3. The molecule has 1 fully saturated rings. The van der Waals surface area contributed by atoms with Crippen molar-refractivity contribution in [3.8, 4) is 17.2 Å². The molecule has 178 valence electrons. The average molecular weight is 488 g/mol. The van der Waals surface area contributed by atoms with Crippen LogP contribution in [0.2, 0.25) is 5.02 Å². The van der Waals surface area contributed by atoms with Gasteiger partial charge < -0.3 is 28.3 Å². The van der Waals surface area contributed by atoms with E-state index >= 15 is 0 Å². The highest BCUT2D eigenvalue weighted by molar-refractivity contribution is 6.32. The fourth-order valence-electron chi connectivity index (χ4n) is 3.88. The summed E-state index contributed by atoms with van der Waals surface area (Å²) in [5.74, 6) is -0.180. The Kier molecular flexibility index (Phi) is 6.65. The number of halogens is 1. The van der Waals surface area contributed by atoms with Crippen LogP contribution < -0.4 is 24.7 Å². The Morgan fingerprint density at radius 2 is 1.82 bits per heavy atom. The maximum Gasteiger partial charge on any atom is 0.336 e. The molecule has 0 saturated carbocycles. The largest absolute Gasteiger partial charge is 0.497 e. The number of hydrogen-bond donors (Lipinski definition) is 0. The number of hydrogen-bond acceptors (Lipinski definition) is 8. The standard InChI is InChI=1S/C24H22ClNO8/c1-30-15-4-5-16-14(7-23(28)34-19(16)8-15)12-33-24(29)13-6-22(27)26(11-13)18-9-17(25)20(31-2)10-21(18)32-3/h4-5,7-10,13H,6,11-12H2,1-3H3/t13-/m1/s1. The molecule has 10 heteroatoms. The van der Waals surface area contributed by atoms with E-state index in [0.29, 0.717) is 44.5 Å². The molecule has 4 rings (SSSR count). The molecule has 0 unspecified atom stereocenters. The second kappa shape index (κ2) is 9.64. The van der Waals surface area contributed by atoms with E-state index < -0.39 is 17.5 Å². The van der Waals surface area contributed by atoms with Crippen LogP contribution in [0.4, 0.5) is 5.69 Å². The van der Waals surface area contributed by atoms with Gasteiger partial charge in [0.15, 0.2) is 0 Å². The van der Waals surface area contributed by atoms with E-state index in [2.05, 4.69) is 0 Å². The lowest BCUT2D eigenvalue weighted by atomic mass is 10.1. The van der Waals surface area contributed by atoms with Gasteiger partial charge in [0, 0.05) is 42.1 Å². The van der Waals surface area contributed by atoms with Crippen LogP contribution >= 0.6 is 11.6 Å². The molecule has 1 atom stereocenters. The SMILES string of the molecule is COc1ccc2c(COC(=O)[C@@H]3CC(=O)N(c4cc(Cl)c(OC)cc4OC)C3)cc(=O)oc2c1. The van der Waals surface area contributed by atoms with Crippen LogP contribution in [0.3, 0.4) is 0 Å². The summed E-state index contributed by atoms with van der Waals surface area (Å²) in [6.45, 7) is -0.0405. The zero-order chi connectivity index (χ0) is 24.4. The molecule has 1 aliphatic rings. The normalized spacial score (nSPS) is 15.5. The molecule has 3 aromatic rings. The van der Waals surface area contributed by atoms with E-state index in [1.807, 2.05) is 0 Å². The van der Waals surface area contributed by atoms with Crippen LogP contribution in [0.5, 0.6) is 17.2 Å². The van der Waals surface area contributed by atoms with Crippen LogP contribution in [-0.2, 0) is 20.9 Å². The van der Waals surface area contributed by atoms with E-state index in [1.54, 1.807) is 30.3 Å². The quantitative estimate of drug-likeness (QED) is 0.368. The lowest BCUT2D eigenvalue weighted by Crippen LogP contribution is -2.27. The molecule has 9 nitrogen and oxygen atoms in total. The maximum atomic E-state index is 12.8. The van der Waals surface area contributed by atoms with Crippen molar-refractivity contribution in [1.82, 2.24) is 0 Å². The third-order valence-corrected chi connectivity index (χ3v) is 5.91. The van der Waals surface area contributed by atoms with Crippen molar-refractivity contribution in [3.05, 3.63) is 57.4 Å². The summed E-state index contributed by atoms with van der Waals surface area (Å²) in [6, 6.07) is 9.45. The highest BCUT2D eigenvalue weighted by atomic mass is 35.5. The van der Waals surface area contributed by atoms with Crippen LogP contribution in [0.1, 0.15) is 12.0 Å². The molecular formula is C24H22ClNO8. The number of anilines is 1. The van der Waals surface area contributed by atoms with Crippen molar-refractivity contribution in [3.63, 3.8) is 0 Å². The minimum absolute atomic E-state index is 0.0273. The first-order valence-corrected chi connectivity index (χ1v) is 10.7. The highest BCUT2D eigenvalue weighted by Gasteiger charge is 2.37. The number of nitrogens with zero attached hydrogens (tertiary/aromatic N) is 1. The summed E-state index contributed by atoms with van der Waals surface area (Å²) in [4.78, 5) is 38.9. The summed E-state index contributed by atoms with van der Waals surface area (Å²) in [5, 5.41) is 0.929. The molecular weight excluding hydrogens is 466 g/mol. The van der Waals surface area contributed by atoms with Crippen molar-refractivity contribution < 1.29 is 33.0 Å². The minimum Gasteiger partial charge on any atom is -0.497 e. The monoisotopic (exact) mass is 487 g/mol. The zero-order valence-electron chi connectivity index (χ0n) is 18.8. The van der Waals surface area contributed by atoms with E-state index in [4.69, 9.17) is 35.0 Å². The topological polar surface area (TPSA) is 105 Å². The number of rotatable bonds is 7. The second-order valence-electron chi connectivity index (χ2n) is 7.62. The molecule has 0 spiro atoms. The predicted octanol–water partition coefficient (Wildman–Crippen LogP) is 3.57. The van der Waals surface area contributed by atoms with Crippen molar-refractivity contribution in [2.24, 2.45) is 5.92 Å². The molecule has 0 radical (unpaired) electrons. The number of carbonyl (C=O) groups is 2. The van der Waals surface area contributed by atoms with E-state index in [9.17, 15) is 14.4 Å². The molecule has 34 heavy (non-hydrogen) atoms. The molecule has 1 amide bonds. The van der Waals surface area contributed by atoms with Gasteiger partial charge in [-0.15, -0.1) is 0 Å². The number of benzene rings is 2. The third kappa shape index (κ3) is 4.51. The van der Waals surface area contributed by atoms with E-state index in [-0.39, 0.29) is 25.5 Å². The molecule has 0 aliphatic carbocycles. The summed E-state index contributed by atoms with van der Waals surface area (Å²) in [6.07, 6.45) is -0.0273. The fourth-order valence-corrected chi connectivity index (χ4v) is 4.11. The predicted molar refractivity (Wildman–Crippen MR) is 124 cm³/mol. The summed E-state index contributed by atoms with van der Waals surface area (Å²) in [7, 11) is 4.45. The molecule has 2 aromatic carbocycles. The maximum absolute atomic E-state index is 12.8. The highest BCUT2D eigenvalue weighted by Crippen LogP contribution is 2.40. The van der Waals surface area contributed by atoms with Crippen molar-refractivity contribution in [2.45, 2.75) is 13.0 Å². The Labute approximate surface area is 199 Å². The van der Waals surface area contributed by atoms with Crippen LogP contribution in [0, 0.1) is 5.92 Å². The second-order valence-corrected chi connectivity index (χ2v) is 8.03. The van der Waals surface area contributed by atoms with Crippen LogP contribution in [-0.4, -0.2) is 39.8 Å². The fraction of sp³-hybridized carbons (Fsp3) is 0.292. The van der Waals surface area contributed by atoms with Gasteiger partial charge in [-0.3, -0.25) is 9.59 Å². The van der Waals surface area contributed by atoms with Gasteiger partial charge in [0.25, 0.3) is 0 Å². The molecule has 0 bridgehead atoms. The number of methoxy groups -OCH3 is 3. The number of fused-ring (bicyclic) bond motifs is 1. The Morgan fingerprint density at radius 3 is 2.53 bits per heavy atom. The summed E-state index contributed by atoms with van der Waals surface area (Å²) < 4.78 is 26.4. The van der Waals surface area contributed by atoms with Crippen molar-refractivity contribution >= 4 is 40.1 Å². The number of ether oxygens (including phenoxy) is 4. The number of carbonyl (C=O) groups excluding carboxylic acids is 2. The first-order valence-electron chi connectivity index (χ1n) is 10.3.